The Kier molecular flexibility index (Phi) is 6.68. The third-order valence-corrected chi connectivity index (χ3v) is 4.53. The zero-order valence-corrected chi connectivity index (χ0v) is 16.9. The summed E-state index contributed by atoms with van der Waals surface area (Å²) in [6, 6.07) is 19.3. The number of pyridine rings is 1. The quantitative estimate of drug-likeness (QED) is 0.629. The topological polar surface area (TPSA) is 63.7 Å². The molecule has 1 aromatic heterocycles. The van der Waals surface area contributed by atoms with E-state index in [1.807, 2.05) is 54.6 Å². The van der Waals surface area contributed by atoms with Crippen molar-refractivity contribution in [2.24, 2.45) is 0 Å². The first-order valence-corrected chi connectivity index (χ1v) is 9.31. The molecule has 2 aromatic carbocycles. The Balaban J connectivity index is 1.65. The van der Waals surface area contributed by atoms with Gasteiger partial charge in [0, 0.05) is 32.0 Å². The van der Waals surface area contributed by atoms with Crippen LogP contribution in [0.25, 0.3) is 0 Å². The van der Waals surface area contributed by atoms with Gasteiger partial charge in [-0.15, -0.1) is 0 Å². The summed E-state index contributed by atoms with van der Waals surface area (Å²) in [6.45, 7) is 1.11. The van der Waals surface area contributed by atoms with Crippen LogP contribution >= 0.6 is 0 Å². The SMILES string of the molecule is COc1ccc(CNc2ccnc(C(=O)N(C)Cc3ccccc3)c2)cc1OC. The molecule has 0 saturated heterocycles. The van der Waals surface area contributed by atoms with Gasteiger partial charge in [-0.25, -0.2) is 0 Å². The van der Waals surface area contributed by atoms with E-state index in [0.29, 0.717) is 30.3 Å². The molecule has 3 rings (SSSR count). The molecule has 0 bridgehead atoms. The number of carbonyl (C=O) groups is 1. The average Bonchev–Trinajstić information content (AvgIpc) is 2.77. The van der Waals surface area contributed by atoms with Crippen LogP contribution in [0.2, 0.25) is 0 Å². The first kappa shape index (κ1) is 20.2. The van der Waals surface area contributed by atoms with Crippen molar-refractivity contribution in [1.29, 1.82) is 0 Å². The van der Waals surface area contributed by atoms with Crippen molar-refractivity contribution in [2.45, 2.75) is 13.1 Å². The number of ether oxygens (including phenoxy) is 2. The van der Waals surface area contributed by atoms with Crippen LogP contribution in [0.3, 0.4) is 0 Å². The highest BCUT2D eigenvalue weighted by Gasteiger charge is 2.14. The van der Waals surface area contributed by atoms with Crippen LogP contribution in [0, 0.1) is 0 Å². The molecule has 0 aliphatic carbocycles. The standard InChI is InChI=1S/C23H25N3O3/c1-26(16-17-7-5-4-6-8-17)23(27)20-14-19(11-12-24-20)25-15-18-9-10-21(28-2)22(13-18)29-3/h4-14H,15-16H2,1-3H3,(H,24,25). The Morgan fingerprint density at radius 3 is 2.45 bits per heavy atom. The van der Waals surface area contributed by atoms with Crippen LogP contribution in [0.5, 0.6) is 11.5 Å². The van der Waals surface area contributed by atoms with E-state index in [1.54, 1.807) is 38.4 Å². The van der Waals surface area contributed by atoms with Gasteiger partial charge in [-0.05, 0) is 35.4 Å². The Hall–Kier alpha value is -3.54. The van der Waals surface area contributed by atoms with Gasteiger partial charge in [-0.1, -0.05) is 36.4 Å². The number of carbonyl (C=O) groups excluding carboxylic acids is 1. The van der Waals surface area contributed by atoms with Gasteiger partial charge < -0.3 is 19.7 Å². The third-order valence-electron chi connectivity index (χ3n) is 4.53. The fourth-order valence-corrected chi connectivity index (χ4v) is 2.98. The smallest absolute Gasteiger partial charge is 0.272 e. The number of anilines is 1. The summed E-state index contributed by atoms with van der Waals surface area (Å²) in [4.78, 5) is 18.6. The number of hydrogen-bond acceptors (Lipinski definition) is 5. The molecule has 3 aromatic rings. The summed E-state index contributed by atoms with van der Waals surface area (Å²) in [5, 5.41) is 3.33. The molecule has 0 saturated carbocycles. The lowest BCUT2D eigenvalue weighted by Gasteiger charge is -2.17. The van der Waals surface area contributed by atoms with E-state index < -0.39 is 0 Å². The molecule has 0 radical (unpaired) electrons. The summed E-state index contributed by atoms with van der Waals surface area (Å²) in [5.41, 5.74) is 3.34. The second-order valence-corrected chi connectivity index (χ2v) is 6.62. The third kappa shape index (κ3) is 5.25. The molecule has 6 nitrogen and oxygen atoms in total. The second kappa shape index (κ2) is 9.59. The van der Waals surface area contributed by atoms with Crippen LogP contribution in [-0.2, 0) is 13.1 Å². The lowest BCUT2D eigenvalue weighted by atomic mass is 10.2. The predicted octanol–water partition coefficient (Wildman–Crippen LogP) is 3.98. The summed E-state index contributed by atoms with van der Waals surface area (Å²) in [6.07, 6.45) is 1.64. The lowest BCUT2D eigenvalue weighted by Crippen LogP contribution is -2.27. The number of benzene rings is 2. The monoisotopic (exact) mass is 391 g/mol. The van der Waals surface area contributed by atoms with Gasteiger partial charge in [-0.2, -0.15) is 0 Å². The maximum Gasteiger partial charge on any atom is 0.272 e. The number of amides is 1. The van der Waals surface area contributed by atoms with Crippen LogP contribution in [0.1, 0.15) is 21.6 Å². The molecule has 1 heterocycles. The van der Waals surface area contributed by atoms with E-state index in [9.17, 15) is 4.79 Å². The van der Waals surface area contributed by atoms with E-state index in [2.05, 4.69) is 10.3 Å². The fourth-order valence-electron chi connectivity index (χ4n) is 2.98. The van der Waals surface area contributed by atoms with E-state index in [-0.39, 0.29) is 5.91 Å². The number of hydrogen-bond donors (Lipinski definition) is 1. The highest BCUT2D eigenvalue weighted by molar-refractivity contribution is 5.92. The molecule has 0 aliphatic rings. The Morgan fingerprint density at radius 2 is 1.72 bits per heavy atom. The van der Waals surface area contributed by atoms with Crippen molar-refractivity contribution >= 4 is 11.6 Å². The number of aromatic nitrogens is 1. The van der Waals surface area contributed by atoms with Gasteiger partial charge in [0.2, 0.25) is 0 Å². The minimum atomic E-state index is -0.122. The summed E-state index contributed by atoms with van der Waals surface area (Å²) < 4.78 is 10.6. The molecule has 0 aliphatic heterocycles. The van der Waals surface area contributed by atoms with Crippen molar-refractivity contribution in [3.8, 4) is 11.5 Å². The van der Waals surface area contributed by atoms with Crippen molar-refractivity contribution in [1.82, 2.24) is 9.88 Å². The highest BCUT2D eigenvalue weighted by atomic mass is 16.5. The van der Waals surface area contributed by atoms with E-state index in [1.165, 1.54) is 0 Å². The maximum atomic E-state index is 12.7. The van der Waals surface area contributed by atoms with Crippen molar-refractivity contribution in [3.63, 3.8) is 0 Å². The normalized spacial score (nSPS) is 10.3. The lowest BCUT2D eigenvalue weighted by molar-refractivity contribution is 0.0779. The minimum Gasteiger partial charge on any atom is -0.493 e. The molecule has 1 N–H and O–H groups in total. The maximum absolute atomic E-state index is 12.7. The number of nitrogens with one attached hydrogen (secondary N) is 1. The summed E-state index contributed by atoms with van der Waals surface area (Å²) in [5.74, 6) is 1.25. The predicted molar refractivity (Wildman–Crippen MR) is 113 cm³/mol. The van der Waals surface area contributed by atoms with Crippen LogP contribution < -0.4 is 14.8 Å². The molecule has 29 heavy (non-hydrogen) atoms. The van der Waals surface area contributed by atoms with E-state index >= 15 is 0 Å². The Labute approximate surface area is 171 Å². The summed E-state index contributed by atoms with van der Waals surface area (Å²) in [7, 11) is 5.00. The average molecular weight is 391 g/mol. The number of methoxy groups -OCH3 is 2. The van der Waals surface area contributed by atoms with Gasteiger partial charge >= 0.3 is 0 Å². The van der Waals surface area contributed by atoms with E-state index in [4.69, 9.17) is 9.47 Å². The number of rotatable bonds is 8. The first-order valence-electron chi connectivity index (χ1n) is 9.31. The Morgan fingerprint density at radius 1 is 0.966 bits per heavy atom. The van der Waals surface area contributed by atoms with Gasteiger partial charge in [0.15, 0.2) is 11.5 Å². The zero-order valence-electron chi connectivity index (χ0n) is 16.9. The first-order chi connectivity index (χ1) is 14.1. The molecule has 0 spiro atoms. The van der Waals surface area contributed by atoms with Gasteiger partial charge in [0.05, 0.1) is 14.2 Å². The zero-order chi connectivity index (χ0) is 20.6. The number of nitrogens with zero attached hydrogens (tertiary/aromatic N) is 2. The van der Waals surface area contributed by atoms with E-state index in [0.717, 1.165) is 16.8 Å². The van der Waals surface area contributed by atoms with Gasteiger partial charge in [0.1, 0.15) is 5.69 Å². The van der Waals surface area contributed by atoms with Crippen molar-refractivity contribution < 1.29 is 14.3 Å². The van der Waals surface area contributed by atoms with Gasteiger partial charge in [-0.3, -0.25) is 9.78 Å². The molecule has 150 valence electrons. The molecule has 6 heteroatoms. The fraction of sp³-hybridized carbons (Fsp3) is 0.217. The van der Waals surface area contributed by atoms with Crippen LogP contribution in [0.4, 0.5) is 5.69 Å². The minimum absolute atomic E-state index is 0.122. The molecular formula is C23H25N3O3. The molecule has 0 unspecified atom stereocenters. The van der Waals surface area contributed by atoms with Crippen molar-refractivity contribution in [2.75, 3.05) is 26.6 Å². The molecule has 1 amide bonds. The summed E-state index contributed by atoms with van der Waals surface area (Å²) >= 11 is 0. The van der Waals surface area contributed by atoms with Crippen LogP contribution in [-0.4, -0.2) is 37.1 Å². The molecular weight excluding hydrogens is 366 g/mol. The largest absolute Gasteiger partial charge is 0.493 e. The van der Waals surface area contributed by atoms with Gasteiger partial charge in [0.25, 0.3) is 5.91 Å². The highest BCUT2D eigenvalue weighted by Crippen LogP contribution is 2.27. The second-order valence-electron chi connectivity index (χ2n) is 6.62. The van der Waals surface area contributed by atoms with Crippen molar-refractivity contribution in [3.05, 3.63) is 83.7 Å². The van der Waals surface area contributed by atoms with Crippen LogP contribution in [0.15, 0.2) is 66.9 Å². The molecule has 0 atom stereocenters. The molecule has 0 fully saturated rings. The Bertz CT molecular complexity index is 961.